The van der Waals surface area contributed by atoms with E-state index in [-0.39, 0.29) is 0 Å². The van der Waals surface area contributed by atoms with Crippen molar-refractivity contribution in [1.82, 2.24) is 24.2 Å². The molecule has 2 aromatic heterocycles. The zero-order valence-electron chi connectivity index (χ0n) is 15.5. The van der Waals surface area contributed by atoms with Gasteiger partial charge in [0, 0.05) is 24.3 Å². The van der Waals surface area contributed by atoms with Crippen LogP contribution in [0.1, 0.15) is 64.3 Å². The summed E-state index contributed by atoms with van der Waals surface area (Å²) < 4.78 is 4.50. The molecule has 5 nitrogen and oxygen atoms in total. The van der Waals surface area contributed by atoms with Crippen LogP contribution in [0.15, 0.2) is 24.9 Å². The van der Waals surface area contributed by atoms with Crippen LogP contribution in [-0.2, 0) is 6.54 Å². The van der Waals surface area contributed by atoms with E-state index < -0.39 is 0 Å². The number of aromatic nitrogens is 4. The lowest BCUT2D eigenvalue weighted by molar-refractivity contribution is 0.160. The topological polar surface area (TPSA) is 38.9 Å². The van der Waals surface area contributed by atoms with E-state index in [1.165, 1.54) is 75.7 Å². The van der Waals surface area contributed by atoms with Gasteiger partial charge in [-0.25, -0.2) is 4.98 Å². The third-order valence-corrected chi connectivity index (χ3v) is 6.03. The van der Waals surface area contributed by atoms with Crippen LogP contribution in [0.2, 0.25) is 0 Å². The van der Waals surface area contributed by atoms with E-state index in [0.29, 0.717) is 12.1 Å². The van der Waals surface area contributed by atoms with Gasteiger partial charge in [-0.2, -0.15) is 5.10 Å². The molecule has 136 valence electrons. The number of imidazole rings is 1. The predicted octanol–water partition coefficient (Wildman–Crippen LogP) is 4.13. The lowest BCUT2D eigenvalue weighted by Gasteiger charge is -2.32. The van der Waals surface area contributed by atoms with E-state index in [9.17, 15) is 0 Å². The van der Waals surface area contributed by atoms with Crippen molar-refractivity contribution in [2.45, 2.75) is 76.9 Å². The minimum absolute atomic E-state index is 0.557. The van der Waals surface area contributed by atoms with E-state index in [1.807, 2.05) is 18.7 Å². The number of hydrogen-bond donors (Lipinski definition) is 0. The van der Waals surface area contributed by atoms with Gasteiger partial charge >= 0.3 is 0 Å². The van der Waals surface area contributed by atoms with Gasteiger partial charge in [-0.15, -0.1) is 0 Å². The molecule has 5 heteroatoms. The minimum atomic E-state index is 0.557. The summed E-state index contributed by atoms with van der Waals surface area (Å²) in [5, 5.41) is 4.67. The quantitative estimate of drug-likeness (QED) is 0.821. The third-order valence-electron chi connectivity index (χ3n) is 6.03. The van der Waals surface area contributed by atoms with Gasteiger partial charge in [-0.3, -0.25) is 9.58 Å². The number of rotatable bonds is 5. The van der Waals surface area contributed by atoms with Crippen molar-refractivity contribution in [3.05, 3.63) is 24.9 Å². The first kappa shape index (κ1) is 16.8. The Hall–Kier alpha value is -1.62. The summed E-state index contributed by atoms with van der Waals surface area (Å²) in [6.07, 6.45) is 18.9. The van der Waals surface area contributed by atoms with Crippen molar-refractivity contribution in [2.24, 2.45) is 0 Å². The first-order chi connectivity index (χ1) is 12.3. The van der Waals surface area contributed by atoms with Gasteiger partial charge in [0.1, 0.15) is 0 Å². The van der Waals surface area contributed by atoms with Crippen molar-refractivity contribution >= 4 is 0 Å². The van der Waals surface area contributed by atoms with Gasteiger partial charge in [0.05, 0.1) is 30.5 Å². The van der Waals surface area contributed by atoms with Crippen molar-refractivity contribution < 1.29 is 0 Å². The SMILES string of the molecule is C[C@@H](Cn1cncc1-c1cnn(C2CCCCC2)c1)N1CCCCC1. The largest absolute Gasteiger partial charge is 0.329 e. The maximum absolute atomic E-state index is 4.67. The van der Waals surface area contributed by atoms with Crippen LogP contribution in [0.3, 0.4) is 0 Å². The summed E-state index contributed by atoms with van der Waals surface area (Å²) in [6, 6.07) is 1.15. The molecule has 2 fully saturated rings. The van der Waals surface area contributed by atoms with Gasteiger partial charge in [0.2, 0.25) is 0 Å². The summed E-state index contributed by atoms with van der Waals surface area (Å²) in [5.41, 5.74) is 2.40. The second-order valence-electron chi connectivity index (χ2n) is 7.88. The van der Waals surface area contributed by atoms with Crippen LogP contribution in [0.5, 0.6) is 0 Å². The van der Waals surface area contributed by atoms with E-state index >= 15 is 0 Å². The molecule has 1 saturated heterocycles. The second-order valence-corrected chi connectivity index (χ2v) is 7.88. The maximum atomic E-state index is 4.67. The van der Waals surface area contributed by atoms with Crippen LogP contribution >= 0.6 is 0 Å². The van der Waals surface area contributed by atoms with Crippen LogP contribution in [0.4, 0.5) is 0 Å². The van der Waals surface area contributed by atoms with Crippen LogP contribution in [0, 0.1) is 0 Å². The standard InChI is InChI=1S/C20H31N5/c1-17(23-10-6-3-7-11-23)14-24-16-21-13-20(24)18-12-22-25(15-18)19-8-4-2-5-9-19/h12-13,15-17,19H,2-11,14H2,1H3/t17-/m0/s1. The van der Waals surface area contributed by atoms with Gasteiger partial charge in [-0.1, -0.05) is 25.7 Å². The van der Waals surface area contributed by atoms with Crippen molar-refractivity contribution in [3.8, 4) is 11.3 Å². The van der Waals surface area contributed by atoms with Gasteiger partial charge < -0.3 is 4.57 Å². The molecular weight excluding hydrogens is 310 g/mol. The van der Waals surface area contributed by atoms with Crippen molar-refractivity contribution in [3.63, 3.8) is 0 Å². The molecule has 0 N–H and O–H groups in total. The average molecular weight is 342 g/mol. The predicted molar refractivity (Wildman–Crippen MR) is 100 cm³/mol. The molecule has 0 spiro atoms. The Labute approximate surface area is 151 Å². The molecular formula is C20H31N5. The number of nitrogens with zero attached hydrogens (tertiary/aromatic N) is 5. The highest BCUT2D eigenvalue weighted by Gasteiger charge is 2.20. The Kier molecular flexibility index (Phi) is 5.20. The lowest BCUT2D eigenvalue weighted by atomic mass is 9.96. The Balaban J connectivity index is 1.46. The Bertz CT molecular complexity index is 661. The third kappa shape index (κ3) is 3.81. The summed E-state index contributed by atoms with van der Waals surface area (Å²) in [7, 11) is 0. The van der Waals surface area contributed by atoms with E-state index in [0.717, 1.165) is 6.54 Å². The smallest absolute Gasteiger partial charge is 0.0951 e. The fourth-order valence-corrected chi connectivity index (χ4v) is 4.48. The number of likely N-dealkylation sites (tertiary alicyclic amines) is 1. The molecule has 1 saturated carbocycles. The fourth-order valence-electron chi connectivity index (χ4n) is 4.48. The highest BCUT2D eigenvalue weighted by Crippen LogP contribution is 2.29. The Morgan fingerprint density at radius 1 is 1.04 bits per heavy atom. The summed E-state index contributed by atoms with van der Waals surface area (Å²) in [6.45, 7) is 5.83. The summed E-state index contributed by atoms with van der Waals surface area (Å²) in [4.78, 5) is 7.05. The van der Waals surface area contributed by atoms with Gasteiger partial charge in [-0.05, 0) is 45.7 Å². The first-order valence-electron chi connectivity index (χ1n) is 10.1. The average Bonchev–Trinajstić information content (AvgIpc) is 3.32. The molecule has 0 radical (unpaired) electrons. The fraction of sp³-hybridized carbons (Fsp3) is 0.700. The van der Waals surface area contributed by atoms with Crippen LogP contribution in [-0.4, -0.2) is 43.4 Å². The summed E-state index contributed by atoms with van der Waals surface area (Å²) in [5.74, 6) is 0. The molecule has 2 aromatic rings. The molecule has 1 atom stereocenters. The molecule has 25 heavy (non-hydrogen) atoms. The van der Waals surface area contributed by atoms with Crippen molar-refractivity contribution in [1.29, 1.82) is 0 Å². The molecule has 0 amide bonds. The van der Waals surface area contributed by atoms with Gasteiger partial charge in [0.25, 0.3) is 0 Å². The maximum Gasteiger partial charge on any atom is 0.0951 e. The molecule has 0 aromatic carbocycles. The molecule has 0 unspecified atom stereocenters. The second kappa shape index (κ2) is 7.73. The normalized spacial score (nSPS) is 21.5. The molecule has 1 aliphatic carbocycles. The molecule has 1 aliphatic heterocycles. The minimum Gasteiger partial charge on any atom is -0.329 e. The van der Waals surface area contributed by atoms with Crippen LogP contribution < -0.4 is 0 Å². The first-order valence-corrected chi connectivity index (χ1v) is 10.1. The van der Waals surface area contributed by atoms with Gasteiger partial charge in [0.15, 0.2) is 0 Å². The molecule has 3 heterocycles. The zero-order chi connectivity index (χ0) is 17.1. The number of hydrogen-bond acceptors (Lipinski definition) is 3. The summed E-state index contributed by atoms with van der Waals surface area (Å²) >= 11 is 0. The molecule has 4 rings (SSSR count). The van der Waals surface area contributed by atoms with E-state index in [1.54, 1.807) is 0 Å². The molecule has 2 aliphatic rings. The zero-order valence-corrected chi connectivity index (χ0v) is 15.5. The Morgan fingerprint density at radius 3 is 2.60 bits per heavy atom. The monoisotopic (exact) mass is 341 g/mol. The lowest BCUT2D eigenvalue weighted by Crippen LogP contribution is -2.39. The van der Waals surface area contributed by atoms with Crippen molar-refractivity contribution in [2.75, 3.05) is 13.1 Å². The molecule has 0 bridgehead atoms. The Morgan fingerprint density at radius 2 is 1.80 bits per heavy atom. The van der Waals surface area contributed by atoms with E-state index in [4.69, 9.17) is 0 Å². The van der Waals surface area contributed by atoms with Crippen LogP contribution in [0.25, 0.3) is 11.3 Å². The van der Waals surface area contributed by atoms with E-state index in [2.05, 4.69) is 37.4 Å². The highest BCUT2D eigenvalue weighted by molar-refractivity contribution is 5.56. The highest BCUT2D eigenvalue weighted by atomic mass is 15.3. The number of piperidine rings is 1.